The van der Waals surface area contributed by atoms with E-state index in [2.05, 4.69) is 5.32 Å². The van der Waals surface area contributed by atoms with E-state index in [0.29, 0.717) is 0 Å². The van der Waals surface area contributed by atoms with Gasteiger partial charge in [-0.3, -0.25) is 4.79 Å². The van der Waals surface area contributed by atoms with Crippen molar-refractivity contribution >= 4 is 11.9 Å². The highest BCUT2D eigenvalue weighted by molar-refractivity contribution is 6.04. The molecule has 0 aliphatic rings. The summed E-state index contributed by atoms with van der Waals surface area (Å²) in [4.78, 5) is 22.9. The lowest BCUT2D eigenvalue weighted by molar-refractivity contribution is 0.0690. The average molecular weight is 235 g/mol. The van der Waals surface area contributed by atoms with Crippen molar-refractivity contribution < 1.29 is 14.7 Å². The maximum Gasteiger partial charge on any atom is 0.336 e. The van der Waals surface area contributed by atoms with E-state index in [0.717, 1.165) is 12.8 Å². The predicted octanol–water partition coefficient (Wildman–Crippen LogP) is 2.30. The second kappa shape index (κ2) is 6.03. The van der Waals surface area contributed by atoms with Crippen molar-refractivity contribution in [2.24, 2.45) is 0 Å². The fraction of sp³-hybridized carbons (Fsp3) is 0.385. The maximum absolute atomic E-state index is 11.9. The average Bonchev–Trinajstić information content (AvgIpc) is 2.35. The molecular weight excluding hydrogens is 218 g/mol. The SMILES string of the molecule is CCC(CC)NC(=O)c1ccccc1C(=O)O. The van der Waals surface area contributed by atoms with Crippen molar-refractivity contribution in [1.29, 1.82) is 0 Å². The van der Waals surface area contributed by atoms with Crippen molar-refractivity contribution in [1.82, 2.24) is 5.32 Å². The summed E-state index contributed by atoms with van der Waals surface area (Å²) < 4.78 is 0. The zero-order valence-electron chi connectivity index (χ0n) is 10.1. The number of nitrogens with one attached hydrogen (secondary N) is 1. The Balaban J connectivity index is 2.92. The molecule has 2 N–H and O–H groups in total. The largest absolute Gasteiger partial charge is 0.478 e. The highest BCUT2D eigenvalue weighted by Gasteiger charge is 2.17. The lowest BCUT2D eigenvalue weighted by Gasteiger charge is -2.15. The number of benzene rings is 1. The molecule has 0 heterocycles. The molecule has 1 aromatic rings. The second-order valence-corrected chi connectivity index (χ2v) is 3.84. The summed E-state index contributed by atoms with van der Waals surface area (Å²) >= 11 is 0. The van der Waals surface area contributed by atoms with Crippen molar-refractivity contribution in [2.45, 2.75) is 32.7 Å². The number of rotatable bonds is 5. The number of carboxylic acids is 1. The number of aromatic carboxylic acids is 1. The van der Waals surface area contributed by atoms with Crippen LogP contribution in [0.5, 0.6) is 0 Å². The van der Waals surface area contributed by atoms with Crippen LogP contribution in [0.15, 0.2) is 24.3 Å². The first-order valence-corrected chi connectivity index (χ1v) is 5.73. The quantitative estimate of drug-likeness (QED) is 0.823. The fourth-order valence-electron chi connectivity index (χ4n) is 1.62. The Labute approximate surface area is 101 Å². The Morgan fingerprint density at radius 2 is 1.71 bits per heavy atom. The highest BCUT2D eigenvalue weighted by Crippen LogP contribution is 2.09. The summed E-state index contributed by atoms with van der Waals surface area (Å²) in [5, 5.41) is 11.8. The van der Waals surface area contributed by atoms with E-state index in [1.165, 1.54) is 12.1 Å². The van der Waals surface area contributed by atoms with Crippen LogP contribution >= 0.6 is 0 Å². The van der Waals surface area contributed by atoms with Gasteiger partial charge in [0.15, 0.2) is 0 Å². The van der Waals surface area contributed by atoms with E-state index in [1.54, 1.807) is 12.1 Å². The number of hydrogen-bond acceptors (Lipinski definition) is 2. The molecule has 4 nitrogen and oxygen atoms in total. The number of carboxylic acid groups (broad SMARTS) is 1. The monoisotopic (exact) mass is 235 g/mol. The van der Waals surface area contributed by atoms with Crippen LogP contribution in [0.1, 0.15) is 47.4 Å². The lowest BCUT2D eigenvalue weighted by Crippen LogP contribution is -2.34. The van der Waals surface area contributed by atoms with Crippen LogP contribution in [0.2, 0.25) is 0 Å². The molecule has 0 aromatic heterocycles. The third-order valence-corrected chi connectivity index (χ3v) is 2.72. The molecule has 0 spiro atoms. The van der Waals surface area contributed by atoms with Gasteiger partial charge < -0.3 is 10.4 Å². The molecule has 17 heavy (non-hydrogen) atoms. The van der Waals surface area contributed by atoms with Gasteiger partial charge >= 0.3 is 5.97 Å². The van der Waals surface area contributed by atoms with Gasteiger partial charge in [-0.15, -0.1) is 0 Å². The van der Waals surface area contributed by atoms with E-state index in [4.69, 9.17) is 5.11 Å². The standard InChI is InChI=1S/C13H17NO3/c1-3-9(4-2)14-12(15)10-7-5-6-8-11(10)13(16)17/h5-9H,3-4H2,1-2H3,(H,14,15)(H,16,17). The fourth-order valence-corrected chi connectivity index (χ4v) is 1.62. The minimum absolute atomic E-state index is 0.0379. The van der Waals surface area contributed by atoms with E-state index in [9.17, 15) is 9.59 Å². The summed E-state index contributed by atoms with van der Waals surface area (Å²) in [5.41, 5.74) is 0.253. The Hall–Kier alpha value is -1.84. The Morgan fingerprint density at radius 1 is 1.18 bits per heavy atom. The van der Waals surface area contributed by atoms with Crippen molar-refractivity contribution in [3.05, 3.63) is 35.4 Å². The lowest BCUT2D eigenvalue weighted by atomic mass is 10.1. The molecule has 92 valence electrons. The molecular formula is C13H17NO3. The molecule has 0 atom stereocenters. The third-order valence-electron chi connectivity index (χ3n) is 2.72. The molecule has 0 aliphatic carbocycles. The van der Waals surface area contributed by atoms with Gasteiger partial charge in [-0.05, 0) is 25.0 Å². The minimum Gasteiger partial charge on any atom is -0.478 e. The van der Waals surface area contributed by atoms with Crippen LogP contribution in [-0.2, 0) is 0 Å². The summed E-state index contributed by atoms with van der Waals surface area (Å²) in [7, 11) is 0. The van der Waals surface area contributed by atoms with Gasteiger partial charge in [-0.2, -0.15) is 0 Å². The van der Waals surface area contributed by atoms with Crippen LogP contribution in [0.25, 0.3) is 0 Å². The van der Waals surface area contributed by atoms with Gasteiger partial charge in [0.05, 0.1) is 11.1 Å². The van der Waals surface area contributed by atoms with Gasteiger partial charge in [0.1, 0.15) is 0 Å². The molecule has 0 unspecified atom stereocenters. The van der Waals surface area contributed by atoms with Crippen LogP contribution in [-0.4, -0.2) is 23.0 Å². The molecule has 1 amide bonds. The smallest absolute Gasteiger partial charge is 0.336 e. The number of carbonyl (C=O) groups is 2. The van der Waals surface area contributed by atoms with Gasteiger partial charge in [-0.1, -0.05) is 26.0 Å². The predicted molar refractivity (Wildman–Crippen MR) is 65.2 cm³/mol. The second-order valence-electron chi connectivity index (χ2n) is 3.84. The van der Waals surface area contributed by atoms with Crippen LogP contribution in [0, 0.1) is 0 Å². The normalized spacial score (nSPS) is 10.3. The van der Waals surface area contributed by atoms with E-state index in [-0.39, 0.29) is 23.1 Å². The minimum atomic E-state index is -1.08. The first kappa shape index (κ1) is 13.2. The molecule has 0 saturated heterocycles. The zero-order chi connectivity index (χ0) is 12.8. The molecule has 0 bridgehead atoms. The third kappa shape index (κ3) is 3.31. The van der Waals surface area contributed by atoms with E-state index < -0.39 is 5.97 Å². The van der Waals surface area contributed by atoms with Crippen molar-refractivity contribution in [3.63, 3.8) is 0 Å². The van der Waals surface area contributed by atoms with E-state index >= 15 is 0 Å². The van der Waals surface area contributed by atoms with Gasteiger partial charge in [0, 0.05) is 6.04 Å². The molecule has 0 radical (unpaired) electrons. The van der Waals surface area contributed by atoms with Crippen molar-refractivity contribution in [3.8, 4) is 0 Å². The summed E-state index contributed by atoms with van der Waals surface area (Å²) in [6.45, 7) is 3.97. The van der Waals surface area contributed by atoms with Gasteiger partial charge in [0.2, 0.25) is 0 Å². The van der Waals surface area contributed by atoms with Crippen molar-refractivity contribution in [2.75, 3.05) is 0 Å². The Morgan fingerprint density at radius 3 is 2.18 bits per heavy atom. The first-order valence-electron chi connectivity index (χ1n) is 5.73. The number of hydrogen-bond donors (Lipinski definition) is 2. The highest BCUT2D eigenvalue weighted by atomic mass is 16.4. The number of carbonyl (C=O) groups excluding carboxylic acids is 1. The van der Waals surface area contributed by atoms with Gasteiger partial charge in [0.25, 0.3) is 5.91 Å². The molecule has 1 aromatic carbocycles. The topological polar surface area (TPSA) is 66.4 Å². The van der Waals surface area contributed by atoms with Crippen LogP contribution in [0.4, 0.5) is 0 Å². The molecule has 4 heteroatoms. The Bertz CT molecular complexity index is 411. The molecule has 1 rings (SSSR count). The van der Waals surface area contributed by atoms with Gasteiger partial charge in [-0.25, -0.2) is 4.79 Å². The van der Waals surface area contributed by atoms with E-state index in [1.807, 2.05) is 13.8 Å². The van der Waals surface area contributed by atoms with Crippen LogP contribution < -0.4 is 5.32 Å². The first-order chi connectivity index (χ1) is 8.10. The summed E-state index contributed by atoms with van der Waals surface area (Å²) in [6, 6.07) is 6.32. The summed E-state index contributed by atoms with van der Waals surface area (Å²) in [5.74, 6) is -1.41. The number of amides is 1. The Kier molecular flexibility index (Phi) is 4.69. The molecule has 0 fully saturated rings. The zero-order valence-corrected chi connectivity index (χ0v) is 10.1. The molecule has 0 saturated carbocycles. The maximum atomic E-state index is 11.9. The van der Waals surface area contributed by atoms with Crippen LogP contribution in [0.3, 0.4) is 0 Å². The molecule has 0 aliphatic heterocycles. The summed E-state index contributed by atoms with van der Waals surface area (Å²) in [6.07, 6.45) is 1.66.